The highest BCUT2D eigenvalue weighted by Gasteiger charge is 2.04. The van der Waals surface area contributed by atoms with E-state index in [1.165, 1.54) is 120 Å². The standard InChI is InChI=1S/C32H49N/c1-2-3-4-5-6-7-8-9-10-11-12-13-14-15-16-23-28-33-32(31-26-21-18-22-27-31)29-30-24-19-17-20-25-30/h17-22,24-27H,2-16,23,28-29H2,1H3. The van der Waals surface area contributed by atoms with Crippen LogP contribution in [0.4, 0.5) is 0 Å². The number of unbranched alkanes of at least 4 members (excludes halogenated alkanes) is 15. The molecule has 0 N–H and O–H groups in total. The van der Waals surface area contributed by atoms with E-state index in [0.717, 1.165) is 13.0 Å². The van der Waals surface area contributed by atoms with Gasteiger partial charge in [-0.25, -0.2) is 0 Å². The molecule has 0 bridgehead atoms. The van der Waals surface area contributed by atoms with E-state index in [1.807, 2.05) is 0 Å². The van der Waals surface area contributed by atoms with Crippen molar-refractivity contribution >= 4 is 5.71 Å². The second-order valence-corrected chi connectivity index (χ2v) is 9.66. The van der Waals surface area contributed by atoms with Crippen LogP contribution in [0.3, 0.4) is 0 Å². The van der Waals surface area contributed by atoms with E-state index in [2.05, 4.69) is 67.6 Å². The molecule has 0 heterocycles. The lowest BCUT2D eigenvalue weighted by Crippen LogP contribution is -2.06. The highest BCUT2D eigenvalue weighted by Crippen LogP contribution is 2.14. The zero-order valence-electron chi connectivity index (χ0n) is 21.4. The molecule has 0 aromatic heterocycles. The summed E-state index contributed by atoms with van der Waals surface area (Å²) in [6.07, 6.45) is 23.5. The van der Waals surface area contributed by atoms with Crippen molar-refractivity contribution < 1.29 is 0 Å². The third-order valence-corrected chi connectivity index (χ3v) is 6.64. The molecule has 0 aliphatic heterocycles. The Morgan fingerprint density at radius 1 is 0.515 bits per heavy atom. The van der Waals surface area contributed by atoms with E-state index in [1.54, 1.807) is 0 Å². The summed E-state index contributed by atoms with van der Waals surface area (Å²) in [5.74, 6) is 0. The topological polar surface area (TPSA) is 12.4 Å². The van der Waals surface area contributed by atoms with Gasteiger partial charge in [0.05, 0.1) is 0 Å². The summed E-state index contributed by atoms with van der Waals surface area (Å²) in [6, 6.07) is 21.4. The Labute approximate surface area is 205 Å². The van der Waals surface area contributed by atoms with Gasteiger partial charge in [0.15, 0.2) is 0 Å². The zero-order chi connectivity index (χ0) is 23.2. The van der Waals surface area contributed by atoms with Gasteiger partial charge in [-0.05, 0) is 17.5 Å². The molecule has 0 saturated carbocycles. The van der Waals surface area contributed by atoms with Crippen LogP contribution in [0.1, 0.15) is 121 Å². The van der Waals surface area contributed by atoms with Crippen molar-refractivity contribution in [1.82, 2.24) is 0 Å². The Balaban J connectivity index is 1.49. The monoisotopic (exact) mass is 447 g/mol. The number of aliphatic imine (C=N–C) groups is 1. The molecule has 0 atom stereocenters. The number of rotatable bonds is 20. The van der Waals surface area contributed by atoms with E-state index in [0.29, 0.717) is 0 Å². The van der Waals surface area contributed by atoms with Crippen LogP contribution in [-0.4, -0.2) is 12.3 Å². The Bertz CT molecular complexity index is 704. The molecule has 0 saturated heterocycles. The average Bonchev–Trinajstić information content (AvgIpc) is 2.86. The maximum Gasteiger partial charge on any atom is 0.0464 e. The van der Waals surface area contributed by atoms with Crippen LogP contribution < -0.4 is 0 Å². The SMILES string of the molecule is CCCCCCCCCCCCCCCCCCN=C(Cc1ccccc1)c1ccccc1. The van der Waals surface area contributed by atoms with Crippen LogP contribution in [0, 0.1) is 0 Å². The van der Waals surface area contributed by atoms with Crippen molar-refractivity contribution in [1.29, 1.82) is 0 Å². The zero-order valence-corrected chi connectivity index (χ0v) is 21.4. The summed E-state index contributed by atoms with van der Waals surface area (Å²) >= 11 is 0. The maximum absolute atomic E-state index is 5.01. The molecule has 0 radical (unpaired) electrons. The normalized spacial score (nSPS) is 11.7. The lowest BCUT2D eigenvalue weighted by Gasteiger charge is -2.08. The largest absolute Gasteiger partial charge is 0.289 e. The van der Waals surface area contributed by atoms with Crippen molar-refractivity contribution in [2.45, 2.75) is 116 Å². The Morgan fingerprint density at radius 2 is 0.939 bits per heavy atom. The summed E-state index contributed by atoms with van der Waals surface area (Å²) in [5.41, 5.74) is 3.83. The molecule has 2 aromatic carbocycles. The van der Waals surface area contributed by atoms with Crippen LogP contribution in [-0.2, 0) is 6.42 Å². The summed E-state index contributed by atoms with van der Waals surface area (Å²) in [4.78, 5) is 5.01. The van der Waals surface area contributed by atoms with Crippen molar-refractivity contribution in [2.24, 2.45) is 4.99 Å². The molecule has 2 rings (SSSR count). The van der Waals surface area contributed by atoms with Crippen molar-refractivity contribution in [3.8, 4) is 0 Å². The fraction of sp³-hybridized carbons (Fsp3) is 0.594. The number of benzene rings is 2. The third-order valence-electron chi connectivity index (χ3n) is 6.64. The molecule has 0 fully saturated rings. The van der Waals surface area contributed by atoms with Crippen molar-refractivity contribution in [3.05, 3.63) is 71.8 Å². The number of nitrogens with zero attached hydrogens (tertiary/aromatic N) is 1. The fourth-order valence-corrected chi connectivity index (χ4v) is 4.54. The molecule has 1 nitrogen and oxygen atoms in total. The minimum atomic E-state index is 0.920. The molecular formula is C32H49N. The lowest BCUT2D eigenvalue weighted by atomic mass is 10.0. The first-order valence-electron chi connectivity index (χ1n) is 14.0. The van der Waals surface area contributed by atoms with Gasteiger partial charge in [0.25, 0.3) is 0 Å². The number of hydrogen-bond acceptors (Lipinski definition) is 1. The summed E-state index contributed by atoms with van der Waals surface area (Å²) in [5, 5.41) is 0. The van der Waals surface area contributed by atoms with Gasteiger partial charge in [0.1, 0.15) is 0 Å². The molecule has 182 valence electrons. The van der Waals surface area contributed by atoms with Gasteiger partial charge in [-0.2, -0.15) is 0 Å². The first-order valence-corrected chi connectivity index (χ1v) is 14.0. The van der Waals surface area contributed by atoms with Crippen LogP contribution in [0.5, 0.6) is 0 Å². The first kappa shape index (κ1) is 27.4. The summed E-state index contributed by atoms with van der Waals surface area (Å²) in [6.45, 7) is 3.25. The van der Waals surface area contributed by atoms with Gasteiger partial charge < -0.3 is 0 Å². The minimum absolute atomic E-state index is 0.920. The van der Waals surface area contributed by atoms with Gasteiger partial charge >= 0.3 is 0 Å². The molecular weight excluding hydrogens is 398 g/mol. The van der Waals surface area contributed by atoms with E-state index in [4.69, 9.17) is 4.99 Å². The fourth-order valence-electron chi connectivity index (χ4n) is 4.54. The van der Waals surface area contributed by atoms with Crippen LogP contribution >= 0.6 is 0 Å². The van der Waals surface area contributed by atoms with E-state index >= 15 is 0 Å². The van der Waals surface area contributed by atoms with Crippen molar-refractivity contribution in [3.63, 3.8) is 0 Å². The first-order chi connectivity index (χ1) is 16.4. The quantitative estimate of drug-likeness (QED) is 0.141. The molecule has 1 heteroatoms. The van der Waals surface area contributed by atoms with Crippen molar-refractivity contribution in [2.75, 3.05) is 6.54 Å². The molecule has 0 unspecified atom stereocenters. The second-order valence-electron chi connectivity index (χ2n) is 9.66. The van der Waals surface area contributed by atoms with Crippen LogP contribution in [0.15, 0.2) is 65.7 Å². The predicted octanol–water partition coefficient (Wildman–Crippen LogP) is 9.98. The highest BCUT2D eigenvalue weighted by molar-refractivity contribution is 6.01. The number of hydrogen-bond donors (Lipinski definition) is 0. The van der Waals surface area contributed by atoms with Gasteiger partial charge in [0.2, 0.25) is 0 Å². The third kappa shape index (κ3) is 14.1. The maximum atomic E-state index is 5.01. The van der Waals surface area contributed by atoms with Gasteiger partial charge in [-0.15, -0.1) is 0 Å². The highest BCUT2D eigenvalue weighted by atomic mass is 14.7. The molecule has 0 aliphatic rings. The van der Waals surface area contributed by atoms with E-state index in [9.17, 15) is 0 Å². The molecule has 0 aliphatic carbocycles. The summed E-state index contributed by atoms with van der Waals surface area (Å²) in [7, 11) is 0. The average molecular weight is 448 g/mol. The molecule has 0 amide bonds. The van der Waals surface area contributed by atoms with Gasteiger partial charge in [-0.3, -0.25) is 4.99 Å². The van der Waals surface area contributed by atoms with E-state index in [-0.39, 0.29) is 0 Å². The van der Waals surface area contributed by atoms with Gasteiger partial charge in [-0.1, -0.05) is 164 Å². The Kier molecular flexibility index (Phi) is 16.2. The summed E-state index contributed by atoms with van der Waals surface area (Å²) < 4.78 is 0. The second kappa shape index (κ2) is 19.6. The van der Waals surface area contributed by atoms with Crippen LogP contribution in [0.25, 0.3) is 0 Å². The molecule has 2 aromatic rings. The van der Waals surface area contributed by atoms with Crippen LogP contribution in [0.2, 0.25) is 0 Å². The molecule has 33 heavy (non-hydrogen) atoms. The Morgan fingerprint density at radius 3 is 1.42 bits per heavy atom. The lowest BCUT2D eigenvalue weighted by molar-refractivity contribution is 0.530. The van der Waals surface area contributed by atoms with Gasteiger partial charge in [0, 0.05) is 18.7 Å². The van der Waals surface area contributed by atoms with E-state index < -0.39 is 0 Å². The smallest absolute Gasteiger partial charge is 0.0464 e. The predicted molar refractivity (Wildman–Crippen MR) is 148 cm³/mol. The minimum Gasteiger partial charge on any atom is -0.289 e. The Hall–Kier alpha value is -1.89. The molecule has 0 spiro atoms.